The Hall–Kier alpha value is -2.28. The highest BCUT2D eigenvalue weighted by Crippen LogP contribution is 2.35. The summed E-state index contributed by atoms with van der Waals surface area (Å²) in [6.07, 6.45) is 0. The van der Waals surface area contributed by atoms with Gasteiger partial charge in [0.2, 0.25) is 0 Å². The molecular formula is C21H23ClN2O3S. The van der Waals surface area contributed by atoms with Crippen molar-refractivity contribution in [3.05, 3.63) is 58.6 Å². The number of likely N-dealkylation sites (N-methyl/N-ethyl adjacent to an activating group) is 1. The van der Waals surface area contributed by atoms with Gasteiger partial charge in [-0.15, -0.1) is 11.3 Å². The Balaban J connectivity index is 1.56. The zero-order valence-electron chi connectivity index (χ0n) is 16.1. The molecule has 0 N–H and O–H groups in total. The Labute approximate surface area is 174 Å². The number of nitrogens with zero attached hydrogens (tertiary/aromatic N) is 2. The van der Waals surface area contributed by atoms with Crippen LogP contribution in [0.15, 0.2) is 47.8 Å². The quantitative estimate of drug-likeness (QED) is 0.489. The molecule has 1 heterocycles. The van der Waals surface area contributed by atoms with E-state index in [9.17, 15) is 0 Å². The molecule has 148 valence electrons. The first-order valence-corrected chi connectivity index (χ1v) is 10.1. The first-order chi connectivity index (χ1) is 13.6. The summed E-state index contributed by atoms with van der Waals surface area (Å²) in [5.41, 5.74) is 1.99. The van der Waals surface area contributed by atoms with Crippen molar-refractivity contribution < 1.29 is 14.2 Å². The number of rotatable bonds is 9. The van der Waals surface area contributed by atoms with Gasteiger partial charge >= 0.3 is 0 Å². The van der Waals surface area contributed by atoms with Crippen LogP contribution in [0.3, 0.4) is 0 Å². The number of halogens is 1. The van der Waals surface area contributed by atoms with Crippen molar-refractivity contribution in [2.24, 2.45) is 0 Å². The number of methoxy groups -OCH3 is 2. The first-order valence-electron chi connectivity index (χ1n) is 8.82. The number of ether oxygens (including phenoxy) is 3. The van der Waals surface area contributed by atoms with Gasteiger partial charge in [-0.05, 0) is 43.4 Å². The van der Waals surface area contributed by atoms with E-state index in [4.69, 9.17) is 30.8 Å². The summed E-state index contributed by atoms with van der Waals surface area (Å²) in [5, 5.41) is 3.72. The minimum atomic E-state index is 0.599. The predicted octanol–water partition coefficient (Wildman–Crippen LogP) is 4.99. The normalized spacial score (nSPS) is 10.9. The molecule has 0 bridgehead atoms. The molecule has 1 aromatic heterocycles. The van der Waals surface area contributed by atoms with Crippen LogP contribution in [0.5, 0.6) is 17.2 Å². The molecular weight excluding hydrogens is 396 g/mol. The summed E-state index contributed by atoms with van der Waals surface area (Å²) >= 11 is 7.49. The van der Waals surface area contributed by atoms with Gasteiger partial charge in [0.1, 0.15) is 28.9 Å². The molecule has 3 aromatic rings. The monoisotopic (exact) mass is 418 g/mol. The van der Waals surface area contributed by atoms with Crippen molar-refractivity contribution in [2.75, 3.05) is 34.4 Å². The van der Waals surface area contributed by atoms with Crippen LogP contribution >= 0.6 is 22.9 Å². The number of thiazole rings is 1. The molecule has 28 heavy (non-hydrogen) atoms. The van der Waals surface area contributed by atoms with Crippen LogP contribution in [0, 0.1) is 0 Å². The molecule has 0 fully saturated rings. The van der Waals surface area contributed by atoms with Gasteiger partial charge in [-0.1, -0.05) is 11.6 Å². The number of benzene rings is 2. The van der Waals surface area contributed by atoms with Crippen molar-refractivity contribution >= 4 is 22.9 Å². The summed E-state index contributed by atoms with van der Waals surface area (Å²) in [6.45, 7) is 2.14. The lowest BCUT2D eigenvalue weighted by atomic mass is 10.2. The highest BCUT2D eigenvalue weighted by atomic mass is 35.5. The molecule has 0 aliphatic rings. The van der Waals surface area contributed by atoms with E-state index in [1.807, 2.05) is 42.5 Å². The maximum Gasteiger partial charge on any atom is 0.132 e. The number of hydrogen-bond acceptors (Lipinski definition) is 6. The second-order valence-corrected chi connectivity index (χ2v) is 7.54. The fraction of sp³-hybridized carbons (Fsp3) is 0.286. The number of hydrogen-bond donors (Lipinski definition) is 0. The zero-order chi connectivity index (χ0) is 19.9. The number of aromatic nitrogens is 1. The Morgan fingerprint density at radius 3 is 2.50 bits per heavy atom. The van der Waals surface area contributed by atoms with Gasteiger partial charge in [0.25, 0.3) is 0 Å². The second kappa shape index (κ2) is 9.78. The van der Waals surface area contributed by atoms with E-state index in [1.165, 1.54) is 0 Å². The van der Waals surface area contributed by atoms with Gasteiger partial charge in [-0.25, -0.2) is 4.98 Å². The lowest BCUT2D eigenvalue weighted by molar-refractivity contribution is 0.231. The van der Waals surface area contributed by atoms with E-state index < -0.39 is 0 Å². The van der Waals surface area contributed by atoms with Gasteiger partial charge in [-0.3, -0.25) is 4.90 Å². The van der Waals surface area contributed by atoms with Crippen molar-refractivity contribution in [3.63, 3.8) is 0 Å². The zero-order valence-corrected chi connectivity index (χ0v) is 17.7. The van der Waals surface area contributed by atoms with Crippen molar-refractivity contribution in [1.82, 2.24) is 9.88 Å². The van der Waals surface area contributed by atoms with E-state index in [0.717, 1.165) is 46.6 Å². The minimum Gasteiger partial charge on any atom is -0.497 e. The fourth-order valence-electron chi connectivity index (χ4n) is 2.68. The van der Waals surface area contributed by atoms with Crippen LogP contribution in [-0.2, 0) is 6.54 Å². The summed E-state index contributed by atoms with van der Waals surface area (Å²) < 4.78 is 16.5. The minimum absolute atomic E-state index is 0.599. The summed E-state index contributed by atoms with van der Waals surface area (Å²) in [6, 6.07) is 13.2. The third-order valence-corrected chi connectivity index (χ3v) is 5.35. The van der Waals surface area contributed by atoms with Gasteiger partial charge in [-0.2, -0.15) is 0 Å². The molecule has 5 nitrogen and oxygen atoms in total. The Morgan fingerprint density at radius 1 is 1.04 bits per heavy atom. The molecule has 0 aliphatic carbocycles. The van der Waals surface area contributed by atoms with Crippen LogP contribution in [0.2, 0.25) is 5.02 Å². The van der Waals surface area contributed by atoms with E-state index in [1.54, 1.807) is 25.6 Å². The van der Waals surface area contributed by atoms with Crippen molar-refractivity contribution in [2.45, 2.75) is 6.54 Å². The second-order valence-electron chi connectivity index (χ2n) is 6.25. The third-order valence-electron chi connectivity index (χ3n) is 4.18. The predicted molar refractivity (Wildman–Crippen MR) is 114 cm³/mol. The molecule has 3 rings (SSSR count). The molecule has 0 unspecified atom stereocenters. The lowest BCUT2D eigenvalue weighted by Crippen LogP contribution is -2.24. The van der Waals surface area contributed by atoms with E-state index in [-0.39, 0.29) is 0 Å². The molecule has 0 spiro atoms. The van der Waals surface area contributed by atoms with Crippen LogP contribution < -0.4 is 14.2 Å². The Bertz CT molecular complexity index is 899. The van der Waals surface area contributed by atoms with Crippen LogP contribution in [0.25, 0.3) is 10.6 Å². The smallest absolute Gasteiger partial charge is 0.132 e. The van der Waals surface area contributed by atoms with Crippen LogP contribution in [-0.4, -0.2) is 44.3 Å². The topological polar surface area (TPSA) is 43.8 Å². The summed E-state index contributed by atoms with van der Waals surface area (Å²) in [4.78, 5) is 6.94. The molecule has 0 aliphatic heterocycles. The van der Waals surface area contributed by atoms with Crippen LogP contribution in [0.4, 0.5) is 0 Å². The molecule has 7 heteroatoms. The standard InChI is InChI=1S/C21H23ClN2O3S/c1-24(10-11-27-17-6-4-15(22)5-7-17)13-16-14-28-21(23-16)19-9-8-18(25-2)12-20(19)26-3/h4-9,12,14H,10-11,13H2,1-3H3. The fourth-order valence-corrected chi connectivity index (χ4v) is 3.65. The highest BCUT2D eigenvalue weighted by molar-refractivity contribution is 7.13. The average molecular weight is 419 g/mol. The molecule has 0 saturated heterocycles. The lowest BCUT2D eigenvalue weighted by Gasteiger charge is -2.15. The van der Waals surface area contributed by atoms with Gasteiger partial charge in [0, 0.05) is 29.6 Å². The average Bonchev–Trinajstić information content (AvgIpc) is 3.17. The van der Waals surface area contributed by atoms with E-state index >= 15 is 0 Å². The van der Waals surface area contributed by atoms with E-state index in [2.05, 4.69) is 17.3 Å². The van der Waals surface area contributed by atoms with Gasteiger partial charge in [0.05, 0.1) is 25.5 Å². The SMILES string of the molecule is COc1ccc(-c2nc(CN(C)CCOc3ccc(Cl)cc3)cs2)c(OC)c1. The van der Waals surface area contributed by atoms with Crippen molar-refractivity contribution in [1.29, 1.82) is 0 Å². The largest absolute Gasteiger partial charge is 0.497 e. The first kappa shape index (κ1) is 20.5. The third kappa shape index (κ3) is 5.38. The Kier molecular flexibility index (Phi) is 7.14. The van der Waals surface area contributed by atoms with Gasteiger partial charge < -0.3 is 14.2 Å². The molecule has 2 aromatic carbocycles. The Morgan fingerprint density at radius 2 is 1.79 bits per heavy atom. The maximum atomic E-state index is 5.88. The summed E-state index contributed by atoms with van der Waals surface area (Å²) in [5.74, 6) is 2.34. The summed E-state index contributed by atoms with van der Waals surface area (Å²) in [7, 11) is 5.35. The van der Waals surface area contributed by atoms with Gasteiger partial charge in [0.15, 0.2) is 0 Å². The van der Waals surface area contributed by atoms with Crippen LogP contribution in [0.1, 0.15) is 5.69 Å². The van der Waals surface area contributed by atoms with E-state index in [0.29, 0.717) is 11.6 Å². The molecule has 0 amide bonds. The molecule has 0 radical (unpaired) electrons. The molecule has 0 atom stereocenters. The molecule has 0 saturated carbocycles. The highest BCUT2D eigenvalue weighted by Gasteiger charge is 2.12. The maximum absolute atomic E-state index is 5.88. The van der Waals surface area contributed by atoms with Crippen molar-refractivity contribution in [3.8, 4) is 27.8 Å².